The van der Waals surface area contributed by atoms with Gasteiger partial charge in [0.25, 0.3) is 0 Å². The molecule has 168 valence electrons. The molecule has 2 rings (SSSR count). The van der Waals surface area contributed by atoms with Crippen LogP contribution in [0, 0.1) is 0 Å². The van der Waals surface area contributed by atoms with Gasteiger partial charge in [-0.05, 0) is 69.7 Å². The predicted octanol–water partition coefficient (Wildman–Crippen LogP) is 2.98. The Balaban J connectivity index is 1.98. The van der Waals surface area contributed by atoms with Gasteiger partial charge in [0.2, 0.25) is 21.8 Å². The van der Waals surface area contributed by atoms with Crippen LogP contribution in [-0.2, 0) is 19.6 Å². The Kier molecular flexibility index (Phi) is 8.18. The number of carbonyl (C=O) groups is 2. The maximum absolute atomic E-state index is 12.6. The number of nitrogens with one attached hydrogen (secondary N) is 3. The Labute approximate surface area is 183 Å². The van der Waals surface area contributed by atoms with Crippen LogP contribution in [0.4, 0.5) is 5.69 Å². The normalized spacial score (nSPS) is 13.4. The number of amides is 2. The van der Waals surface area contributed by atoms with Gasteiger partial charge in [-0.2, -0.15) is 4.72 Å². The molecule has 0 aliphatic rings. The Bertz CT molecular complexity index is 1000. The quantitative estimate of drug-likeness (QED) is 0.547. The van der Waals surface area contributed by atoms with Gasteiger partial charge >= 0.3 is 0 Å². The van der Waals surface area contributed by atoms with Crippen molar-refractivity contribution >= 4 is 27.5 Å². The van der Waals surface area contributed by atoms with Crippen molar-refractivity contribution in [1.82, 2.24) is 10.0 Å². The molecule has 8 nitrogen and oxygen atoms in total. The second-order valence-electron chi connectivity index (χ2n) is 7.51. The van der Waals surface area contributed by atoms with Gasteiger partial charge < -0.3 is 15.4 Å². The topological polar surface area (TPSA) is 114 Å². The fourth-order valence-corrected chi connectivity index (χ4v) is 4.01. The lowest BCUT2D eigenvalue weighted by Crippen LogP contribution is -2.45. The molecule has 1 unspecified atom stereocenters. The second kappa shape index (κ2) is 10.4. The number of benzene rings is 2. The summed E-state index contributed by atoms with van der Waals surface area (Å²) in [5.41, 5.74) is 1.35. The van der Waals surface area contributed by atoms with E-state index < -0.39 is 22.0 Å². The average molecular weight is 448 g/mol. The fourth-order valence-electron chi connectivity index (χ4n) is 2.80. The van der Waals surface area contributed by atoms with E-state index in [4.69, 9.17) is 4.74 Å². The molecule has 0 heterocycles. The van der Waals surface area contributed by atoms with Crippen molar-refractivity contribution in [3.8, 4) is 5.75 Å². The van der Waals surface area contributed by atoms with Crippen LogP contribution in [0.2, 0.25) is 0 Å². The van der Waals surface area contributed by atoms with Gasteiger partial charge in [-0.25, -0.2) is 8.42 Å². The number of anilines is 1. The highest BCUT2D eigenvalue weighted by Crippen LogP contribution is 2.19. The Morgan fingerprint density at radius 3 is 2.00 bits per heavy atom. The molecule has 0 spiro atoms. The first-order valence-electron chi connectivity index (χ1n) is 9.95. The molecule has 2 amide bonds. The first-order valence-corrected chi connectivity index (χ1v) is 11.4. The van der Waals surface area contributed by atoms with E-state index in [-0.39, 0.29) is 22.9 Å². The molecule has 0 aliphatic heterocycles. The van der Waals surface area contributed by atoms with Gasteiger partial charge in [-0.3, -0.25) is 9.59 Å². The molecule has 0 saturated heterocycles. The average Bonchev–Trinajstić information content (AvgIpc) is 2.67. The lowest BCUT2D eigenvalue weighted by atomic mass is 10.1. The first-order chi connectivity index (χ1) is 14.5. The third-order valence-electron chi connectivity index (χ3n) is 4.32. The van der Waals surface area contributed by atoms with Crippen molar-refractivity contribution in [2.45, 2.75) is 57.7 Å². The molecule has 2 aromatic carbocycles. The van der Waals surface area contributed by atoms with E-state index in [1.54, 1.807) is 0 Å². The van der Waals surface area contributed by atoms with E-state index in [1.165, 1.54) is 38.1 Å². The summed E-state index contributed by atoms with van der Waals surface area (Å²) in [6.45, 7) is 8.54. The van der Waals surface area contributed by atoms with Gasteiger partial charge in [-0.15, -0.1) is 0 Å². The monoisotopic (exact) mass is 447 g/mol. The van der Waals surface area contributed by atoms with E-state index >= 15 is 0 Å². The highest BCUT2D eigenvalue weighted by Gasteiger charge is 2.23. The zero-order valence-corrected chi connectivity index (χ0v) is 19.1. The minimum atomic E-state index is -3.91. The van der Waals surface area contributed by atoms with Crippen LogP contribution in [0.5, 0.6) is 5.75 Å². The molecule has 9 heteroatoms. The summed E-state index contributed by atoms with van der Waals surface area (Å²) in [6, 6.07) is 11.8. The number of carbonyl (C=O) groups excluding carboxylic acids is 2. The third kappa shape index (κ3) is 7.37. The molecule has 2 atom stereocenters. The highest BCUT2D eigenvalue weighted by molar-refractivity contribution is 7.89. The van der Waals surface area contributed by atoms with Gasteiger partial charge in [0.1, 0.15) is 5.75 Å². The SMILES string of the molecule is CC(=O)Nc1ccc(S(=O)(=O)N[C@@H](C)C(=O)NC(C)c2ccc(OC(C)C)cc2)cc1. The highest BCUT2D eigenvalue weighted by atomic mass is 32.2. The zero-order chi connectivity index (χ0) is 23.2. The summed E-state index contributed by atoms with van der Waals surface area (Å²) in [7, 11) is -3.91. The fraction of sp³-hybridized carbons (Fsp3) is 0.364. The lowest BCUT2D eigenvalue weighted by molar-refractivity contribution is -0.123. The van der Waals surface area contributed by atoms with Crippen LogP contribution in [0.3, 0.4) is 0 Å². The molecule has 0 saturated carbocycles. The minimum Gasteiger partial charge on any atom is -0.491 e. The van der Waals surface area contributed by atoms with Gasteiger partial charge in [0.15, 0.2) is 0 Å². The summed E-state index contributed by atoms with van der Waals surface area (Å²) >= 11 is 0. The molecule has 0 fully saturated rings. The van der Waals surface area contributed by atoms with Crippen LogP contribution < -0.4 is 20.1 Å². The molecule has 31 heavy (non-hydrogen) atoms. The molecule has 0 aromatic heterocycles. The van der Waals surface area contributed by atoms with Gasteiger partial charge in [0.05, 0.1) is 23.1 Å². The van der Waals surface area contributed by atoms with Crippen molar-refractivity contribution in [3.63, 3.8) is 0 Å². The second-order valence-corrected chi connectivity index (χ2v) is 9.23. The van der Waals surface area contributed by atoms with Crippen molar-refractivity contribution in [2.75, 3.05) is 5.32 Å². The summed E-state index contributed by atoms with van der Waals surface area (Å²) in [4.78, 5) is 23.6. The summed E-state index contributed by atoms with van der Waals surface area (Å²) in [5.74, 6) is 0.0339. The van der Waals surface area contributed by atoms with Crippen molar-refractivity contribution in [2.24, 2.45) is 0 Å². The van der Waals surface area contributed by atoms with E-state index in [9.17, 15) is 18.0 Å². The number of rotatable bonds is 9. The van der Waals surface area contributed by atoms with E-state index in [0.717, 1.165) is 11.3 Å². The number of sulfonamides is 1. The van der Waals surface area contributed by atoms with Crippen molar-refractivity contribution < 1.29 is 22.7 Å². The smallest absolute Gasteiger partial charge is 0.241 e. The predicted molar refractivity (Wildman–Crippen MR) is 119 cm³/mol. The number of ether oxygens (including phenoxy) is 1. The minimum absolute atomic E-state index is 0.00459. The number of hydrogen-bond acceptors (Lipinski definition) is 5. The Morgan fingerprint density at radius 2 is 1.48 bits per heavy atom. The summed E-state index contributed by atoms with van der Waals surface area (Å²) in [5, 5.41) is 5.37. The Morgan fingerprint density at radius 1 is 0.903 bits per heavy atom. The number of hydrogen-bond donors (Lipinski definition) is 3. The molecular weight excluding hydrogens is 418 g/mol. The maximum atomic E-state index is 12.6. The van der Waals surface area contributed by atoms with Crippen LogP contribution in [0.15, 0.2) is 53.4 Å². The van der Waals surface area contributed by atoms with Crippen LogP contribution in [0.25, 0.3) is 0 Å². The zero-order valence-electron chi connectivity index (χ0n) is 18.3. The lowest BCUT2D eigenvalue weighted by Gasteiger charge is -2.19. The first kappa shape index (κ1) is 24.4. The van der Waals surface area contributed by atoms with Crippen LogP contribution >= 0.6 is 0 Å². The van der Waals surface area contributed by atoms with Gasteiger partial charge in [-0.1, -0.05) is 12.1 Å². The van der Waals surface area contributed by atoms with E-state index in [2.05, 4.69) is 15.4 Å². The largest absolute Gasteiger partial charge is 0.491 e. The maximum Gasteiger partial charge on any atom is 0.241 e. The van der Waals surface area contributed by atoms with Gasteiger partial charge in [0, 0.05) is 12.6 Å². The van der Waals surface area contributed by atoms with Crippen molar-refractivity contribution in [3.05, 3.63) is 54.1 Å². The van der Waals surface area contributed by atoms with E-state index in [0.29, 0.717) is 5.69 Å². The molecule has 0 radical (unpaired) electrons. The van der Waals surface area contributed by atoms with Crippen LogP contribution in [-0.4, -0.2) is 32.4 Å². The molecular formula is C22H29N3O5S. The summed E-state index contributed by atoms with van der Waals surface area (Å²) < 4.78 is 33.1. The Hall–Kier alpha value is -2.91. The molecule has 3 N–H and O–H groups in total. The third-order valence-corrected chi connectivity index (χ3v) is 5.88. The molecule has 2 aromatic rings. The van der Waals surface area contributed by atoms with E-state index in [1.807, 2.05) is 45.0 Å². The standard InChI is InChI=1S/C22H29N3O5S/c1-14(2)30-20-10-6-18(7-11-20)15(3)23-22(27)16(4)25-31(28,29)21-12-8-19(9-13-21)24-17(5)26/h6-16,25H,1-5H3,(H,23,27)(H,24,26)/t15?,16-/m0/s1. The molecule has 0 bridgehead atoms. The molecule has 0 aliphatic carbocycles. The van der Waals surface area contributed by atoms with Crippen LogP contribution in [0.1, 0.15) is 46.2 Å². The summed E-state index contributed by atoms with van der Waals surface area (Å²) in [6.07, 6.45) is 0.0680. The van der Waals surface area contributed by atoms with Crippen molar-refractivity contribution in [1.29, 1.82) is 0 Å².